The van der Waals surface area contributed by atoms with Crippen molar-refractivity contribution in [2.45, 2.75) is 13.8 Å². The molecule has 6 heteroatoms. The van der Waals surface area contributed by atoms with E-state index >= 15 is 0 Å². The van der Waals surface area contributed by atoms with Crippen molar-refractivity contribution in [2.24, 2.45) is 4.99 Å². The molecule has 4 nitrogen and oxygen atoms in total. The highest BCUT2D eigenvalue weighted by Crippen LogP contribution is 2.26. The number of hydrogen-bond acceptors (Lipinski definition) is 5. The summed E-state index contributed by atoms with van der Waals surface area (Å²) in [4.78, 5) is 19.5. The maximum Gasteiger partial charge on any atom is 0.182 e. The highest BCUT2D eigenvalue weighted by molar-refractivity contribution is 8.93. The van der Waals surface area contributed by atoms with E-state index in [4.69, 9.17) is 4.74 Å². The number of Topliss-reactive ketones (excluding diaryl/α,β-unsaturated/α-hetero) is 1. The molecule has 1 aliphatic heterocycles. The van der Waals surface area contributed by atoms with Gasteiger partial charge in [-0.2, -0.15) is 0 Å². The van der Waals surface area contributed by atoms with Crippen LogP contribution in [-0.2, 0) is 0 Å². The fourth-order valence-corrected chi connectivity index (χ4v) is 3.75. The molecule has 3 rings (SSSR count). The summed E-state index contributed by atoms with van der Waals surface area (Å²) in [5.41, 5.74) is 3.90. The van der Waals surface area contributed by atoms with E-state index in [9.17, 15) is 4.79 Å². The summed E-state index contributed by atoms with van der Waals surface area (Å²) in [5.74, 6) is 1.86. The number of hydrogen-bond donors (Lipinski definition) is 0. The number of ketones is 1. The maximum atomic E-state index is 12.9. The Kier molecular flexibility index (Phi) is 7.29. The minimum atomic E-state index is 0. The lowest BCUT2D eigenvalue weighted by Gasteiger charge is -2.24. The number of aliphatic imine (C=N–C) groups is 1. The number of nitrogens with zero attached hydrogens (tertiary/aromatic N) is 2. The van der Waals surface area contributed by atoms with Crippen LogP contribution < -0.4 is 9.64 Å². The second-order valence-corrected chi connectivity index (χ2v) is 7.10. The van der Waals surface area contributed by atoms with E-state index in [0.717, 1.165) is 45.6 Å². The Morgan fingerprint density at radius 1 is 1.19 bits per heavy atom. The molecule has 2 aromatic rings. The summed E-state index contributed by atoms with van der Waals surface area (Å²) in [6, 6.07) is 13.7. The number of anilines is 1. The quantitative estimate of drug-likeness (QED) is 0.640. The average molecular weight is 435 g/mol. The van der Waals surface area contributed by atoms with Crippen LogP contribution >= 0.6 is 28.7 Å². The van der Waals surface area contributed by atoms with Gasteiger partial charge in [0.25, 0.3) is 0 Å². The monoisotopic (exact) mass is 434 g/mol. The van der Waals surface area contributed by atoms with Gasteiger partial charge in [-0.15, -0.1) is 17.0 Å². The second kappa shape index (κ2) is 9.24. The molecule has 138 valence electrons. The molecular weight excluding hydrogens is 412 g/mol. The van der Waals surface area contributed by atoms with Crippen molar-refractivity contribution in [2.75, 3.05) is 30.9 Å². The van der Waals surface area contributed by atoms with Crippen molar-refractivity contribution >= 4 is 45.4 Å². The number of rotatable bonds is 5. The van der Waals surface area contributed by atoms with Gasteiger partial charge < -0.3 is 9.64 Å². The molecular formula is C20H23BrN2O2S. The average Bonchev–Trinajstić information content (AvgIpc) is 3.14. The van der Waals surface area contributed by atoms with E-state index in [-0.39, 0.29) is 29.3 Å². The van der Waals surface area contributed by atoms with Crippen molar-refractivity contribution < 1.29 is 9.53 Å². The zero-order valence-electron chi connectivity index (χ0n) is 15.2. The minimum Gasteiger partial charge on any atom is -0.497 e. The predicted molar refractivity (Wildman–Crippen MR) is 116 cm³/mol. The molecule has 0 amide bonds. The molecule has 2 aromatic carbocycles. The number of ether oxygens (including phenoxy) is 1. The van der Waals surface area contributed by atoms with Crippen molar-refractivity contribution in [1.82, 2.24) is 0 Å². The first kappa shape index (κ1) is 20.5. The van der Waals surface area contributed by atoms with Gasteiger partial charge in [0.1, 0.15) is 5.75 Å². The number of thioether (sulfide) groups is 1. The first-order valence-corrected chi connectivity index (χ1v) is 9.26. The van der Waals surface area contributed by atoms with Crippen LogP contribution in [0.15, 0.2) is 47.5 Å². The van der Waals surface area contributed by atoms with Gasteiger partial charge in [0.15, 0.2) is 11.0 Å². The Balaban J connectivity index is 0.00000243. The van der Waals surface area contributed by atoms with Crippen LogP contribution in [0, 0.1) is 13.8 Å². The van der Waals surface area contributed by atoms with E-state index in [2.05, 4.69) is 4.99 Å². The maximum absolute atomic E-state index is 12.9. The molecule has 0 fully saturated rings. The molecule has 0 N–H and O–H groups in total. The van der Waals surface area contributed by atoms with Crippen LogP contribution in [0.4, 0.5) is 5.69 Å². The summed E-state index contributed by atoms with van der Waals surface area (Å²) in [6.07, 6.45) is 0. The number of carbonyl (C=O) groups is 1. The zero-order chi connectivity index (χ0) is 17.8. The third kappa shape index (κ3) is 4.68. The molecule has 0 spiro atoms. The molecule has 0 aromatic heterocycles. The lowest BCUT2D eigenvalue weighted by molar-refractivity contribution is 0.100. The van der Waals surface area contributed by atoms with Crippen LogP contribution in [-0.4, -0.2) is 36.9 Å². The molecule has 0 saturated carbocycles. The number of halogens is 1. The molecule has 0 radical (unpaired) electrons. The third-order valence-electron chi connectivity index (χ3n) is 4.17. The first-order chi connectivity index (χ1) is 12.1. The highest BCUT2D eigenvalue weighted by atomic mass is 79.9. The van der Waals surface area contributed by atoms with Crippen molar-refractivity contribution in [1.29, 1.82) is 0 Å². The summed E-state index contributed by atoms with van der Waals surface area (Å²) in [6.45, 7) is 5.10. The zero-order valence-corrected chi connectivity index (χ0v) is 17.7. The van der Waals surface area contributed by atoms with Crippen LogP contribution in [0.3, 0.4) is 0 Å². The highest BCUT2D eigenvalue weighted by Gasteiger charge is 2.22. The van der Waals surface area contributed by atoms with E-state index < -0.39 is 0 Å². The van der Waals surface area contributed by atoms with E-state index in [1.165, 1.54) is 0 Å². The second-order valence-electron chi connectivity index (χ2n) is 6.04. The molecule has 0 unspecified atom stereocenters. The predicted octanol–water partition coefficient (Wildman–Crippen LogP) is 4.68. The van der Waals surface area contributed by atoms with Gasteiger partial charge in [-0.1, -0.05) is 35.5 Å². The smallest absolute Gasteiger partial charge is 0.182 e. The van der Waals surface area contributed by atoms with Crippen molar-refractivity contribution in [3.05, 3.63) is 59.2 Å². The molecule has 0 atom stereocenters. The van der Waals surface area contributed by atoms with Gasteiger partial charge in [-0.05, 0) is 43.7 Å². The van der Waals surface area contributed by atoms with Crippen LogP contribution in [0.1, 0.15) is 21.5 Å². The molecule has 26 heavy (non-hydrogen) atoms. The topological polar surface area (TPSA) is 41.9 Å². The van der Waals surface area contributed by atoms with Crippen molar-refractivity contribution in [3.8, 4) is 5.75 Å². The normalized spacial score (nSPS) is 13.0. The third-order valence-corrected chi connectivity index (χ3v) is 5.16. The van der Waals surface area contributed by atoms with Crippen LogP contribution in [0.2, 0.25) is 0 Å². The SMILES string of the molecule is Br.COc1ccc(N(CC(=O)c2ccc(C)cc2C)C2=NCCS2)cc1. The molecule has 0 saturated heterocycles. The number of carbonyl (C=O) groups excluding carboxylic acids is 1. The Bertz CT molecular complexity index is 806. The molecule has 0 bridgehead atoms. The van der Waals surface area contributed by atoms with Gasteiger partial charge in [0.2, 0.25) is 0 Å². The van der Waals surface area contributed by atoms with Gasteiger partial charge in [-0.3, -0.25) is 9.79 Å². The Morgan fingerprint density at radius 3 is 2.50 bits per heavy atom. The van der Waals surface area contributed by atoms with E-state index in [1.807, 2.05) is 61.2 Å². The largest absolute Gasteiger partial charge is 0.497 e. The van der Waals surface area contributed by atoms with E-state index in [0.29, 0.717) is 0 Å². The molecule has 1 heterocycles. The Hall–Kier alpha value is -1.79. The summed E-state index contributed by atoms with van der Waals surface area (Å²) in [5, 5.41) is 0.906. The number of benzene rings is 2. The summed E-state index contributed by atoms with van der Waals surface area (Å²) in [7, 11) is 1.65. The van der Waals surface area contributed by atoms with E-state index in [1.54, 1.807) is 18.9 Å². The molecule has 1 aliphatic rings. The van der Waals surface area contributed by atoms with Gasteiger partial charge in [0, 0.05) is 17.0 Å². The summed E-state index contributed by atoms with van der Waals surface area (Å²) < 4.78 is 5.23. The van der Waals surface area contributed by atoms with Gasteiger partial charge >= 0.3 is 0 Å². The van der Waals surface area contributed by atoms with Crippen molar-refractivity contribution in [3.63, 3.8) is 0 Å². The summed E-state index contributed by atoms with van der Waals surface area (Å²) >= 11 is 1.69. The lowest BCUT2D eigenvalue weighted by Crippen LogP contribution is -2.33. The number of methoxy groups -OCH3 is 1. The van der Waals surface area contributed by atoms with Gasteiger partial charge in [0.05, 0.1) is 20.2 Å². The standard InChI is InChI=1S/C20H22N2O2S.BrH/c1-14-4-9-18(15(2)12-14)19(23)13-22(20-21-10-11-25-20)16-5-7-17(24-3)8-6-16;/h4-9,12H,10-11,13H2,1-3H3;1H. The fraction of sp³-hybridized carbons (Fsp3) is 0.300. The Morgan fingerprint density at radius 2 is 1.92 bits per heavy atom. The van der Waals surface area contributed by atoms with Gasteiger partial charge in [-0.25, -0.2) is 0 Å². The number of aryl methyl sites for hydroxylation is 2. The van der Waals surface area contributed by atoms with Crippen LogP contribution in [0.25, 0.3) is 0 Å². The minimum absolute atomic E-state index is 0. The first-order valence-electron chi connectivity index (χ1n) is 8.28. The van der Waals surface area contributed by atoms with Crippen LogP contribution in [0.5, 0.6) is 5.75 Å². The lowest BCUT2D eigenvalue weighted by atomic mass is 10.0. The Labute approximate surface area is 169 Å². The fourth-order valence-electron chi connectivity index (χ4n) is 2.87. The molecule has 0 aliphatic carbocycles. The number of amidine groups is 1.